The topological polar surface area (TPSA) is 108 Å². The molecule has 0 unspecified atom stereocenters. The molecule has 8 heteroatoms. The molecule has 110 valence electrons. The summed E-state index contributed by atoms with van der Waals surface area (Å²) in [5.41, 5.74) is 0. The van der Waals surface area contributed by atoms with Crippen molar-refractivity contribution >= 4 is 11.9 Å². The van der Waals surface area contributed by atoms with Gasteiger partial charge in [-0.15, -0.1) is 5.10 Å². The van der Waals surface area contributed by atoms with Crippen molar-refractivity contribution in [3.63, 3.8) is 0 Å². The first-order valence-electron chi connectivity index (χ1n) is 6.64. The van der Waals surface area contributed by atoms with Crippen LogP contribution in [0, 0.1) is 0 Å². The van der Waals surface area contributed by atoms with E-state index in [-0.39, 0.29) is 24.4 Å². The van der Waals surface area contributed by atoms with E-state index in [1.54, 1.807) is 4.90 Å². The molecule has 0 aliphatic carbocycles. The third kappa shape index (κ3) is 3.53. The summed E-state index contributed by atoms with van der Waals surface area (Å²) in [5, 5.41) is 15.2. The van der Waals surface area contributed by atoms with E-state index in [0.717, 1.165) is 0 Å². The number of aliphatic carboxylic acids is 1. The summed E-state index contributed by atoms with van der Waals surface area (Å²) < 4.78 is 5.22. The molecule has 2 rings (SSSR count). The SMILES string of the molecule is CCc1nc(C(=O)N2CCC(OCC(=O)O)CC2)n[nH]1. The van der Waals surface area contributed by atoms with E-state index in [0.29, 0.717) is 38.2 Å². The molecular weight excluding hydrogens is 264 g/mol. The second-order valence-electron chi connectivity index (χ2n) is 4.66. The number of H-pyrrole nitrogens is 1. The van der Waals surface area contributed by atoms with Gasteiger partial charge in [-0.05, 0) is 12.8 Å². The smallest absolute Gasteiger partial charge is 0.329 e. The van der Waals surface area contributed by atoms with Gasteiger partial charge >= 0.3 is 5.97 Å². The summed E-state index contributed by atoms with van der Waals surface area (Å²) >= 11 is 0. The maximum absolute atomic E-state index is 12.1. The van der Waals surface area contributed by atoms with Gasteiger partial charge in [0.25, 0.3) is 5.91 Å². The van der Waals surface area contributed by atoms with Crippen molar-refractivity contribution in [3.8, 4) is 0 Å². The summed E-state index contributed by atoms with van der Waals surface area (Å²) in [4.78, 5) is 28.4. The number of carboxylic acid groups (broad SMARTS) is 1. The lowest BCUT2D eigenvalue weighted by molar-refractivity contribution is -0.145. The zero-order valence-corrected chi connectivity index (χ0v) is 11.3. The number of piperidine rings is 1. The third-order valence-electron chi connectivity index (χ3n) is 3.23. The van der Waals surface area contributed by atoms with Gasteiger partial charge in [0.15, 0.2) is 0 Å². The summed E-state index contributed by atoms with van der Waals surface area (Å²) in [6, 6.07) is 0. The lowest BCUT2D eigenvalue weighted by atomic mass is 10.1. The molecule has 2 heterocycles. The number of aromatic amines is 1. The highest BCUT2D eigenvalue weighted by Crippen LogP contribution is 2.15. The Morgan fingerprint density at radius 1 is 1.45 bits per heavy atom. The Morgan fingerprint density at radius 3 is 2.70 bits per heavy atom. The largest absolute Gasteiger partial charge is 0.480 e. The number of hydrogen-bond acceptors (Lipinski definition) is 5. The molecule has 1 aliphatic heterocycles. The van der Waals surface area contributed by atoms with E-state index in [1.807, 2.05) is 6.92 Å². The second kappa shape index (κ2) is 6.47. The molecule has 1 amide bonds. The zero-order valence-electron chi connectivity index (χ0n) is 11.3. The fourth-order valence-electron chi connectivity index (χ4n) is 2.11. The number of carbonyl (C=O) groups excluding carboxylic acids is 1. The number of hydrogen-bond donors (Lipinski definition) is 2. The lowest BCUT2D eigenvalue weighted by Gasteiger charge is -2.30. The molecule has 0 spiro atoms. The fourth-order valence-corrected chi connectivity index (χ4v) is 2.11. The van der Waals surface area contributed by atoms with Crippen LogP contribution in [0.2, 0.25) is 0 Å². The summed E-state index contributed by atoms with van der Waals surface area (Å²) in [7, 11) is 0. The minimum Gasteiger partial charge on any atom is -0.480 e. The van der Waals surface area contributed by atoms with Crippen molar-refractivity contribution in [2.24, 2.45) is 0 Å². The highest BCUT2D eigenvalue weighted by atomic mass is 16.5. The van der Waals surface area contributed by atoms with Crippen LogP contribution in [0.4, 0.5) is 0 Å². The Hall–Kier alpha value is -1.96. The molecule has 1 aromatic heterocycles. The van der Waals surface area contributed by atoms with Crippen molar-refractivity contribution in [2.45, 2.75) is 32.3 Å². The zero-order chi connectivity index (χ0) is 14.5. The van der Waals surface area contributed by atoms with E-state index in [2.05, 4.69) is 15.2 Å². The van der Waals surface area contributed by atoms with Crippen molar-refractivity contribution in [3.05, 3.63) is 11.6 Å². The van der Waals surface area contributed by atoms with Gasteiger partial charge in [-0.1, -0.05) is 6.92 Å². The number of nitrogens with one attached hydrogen (secondary N) is 1. The van der Waals surface area contributed by atoms with Gasteiger partial charge in [0, 0.05) is 19.5 Å². The number of likely N-dealkylation sites (tertiary alicyclic amines) is 1. The molecule has 0 bridgehead atoms. The van der Waals surface area contributed by atoms with Gasteiger partial charge in [-0.2, -0.15) is 0 Å². The minimum absolute atomic E-state index is 0.103. The minimum atomic E-state index is -0.976. The average Bonchev–Trinajstić information content (AvgIpc) is 2.94. The summed E-state index contributed by atoms with van der Waals surface area (Å²) in [6.07, 6.45) is 1.85. The van der Waals surface area contributed by atoms with Gasteiger partial charge in [0.05, 0.1) is 6.10 Å². The number of aryl methyl sites for hydroxylation is 1. The molecule has 8 nitrogen and oxygen atoms in total. The number of amides is 1. The van der Waals surface area contributed by atoms with Gasteiger partial charge in [-0.25, -0.2) is 9.78 Å². The molecule has 2 N–H and O–H groups in total. The van der Waals surface area contributed by atoms with Crippen LogP contribution in [0.1, 0.15) is 36.2 Å². The van der Waals surface area contributed by atoms with E-state index in [9.17, 15) is 9.59 Å². The molecule has 1 aliphatic rings. The molecule has 0 aromatic carbocycles. The van der Waals surface area contributed by atoms with Crippen LogP contribution < -0.4 is 0 Å². The van der Waals surface area contributed by atoms with Crippen LogP contribution in [0.5, 0.6) is 0 Å². The van der Waals surface area contributed by atoms with Crippen LogP contribution in [0.3, 0.4) is 0 Å². The quantitative estimate of drug-likeness (QED) is 0.791. The van der Waals surface area contributed by atoms with E-state index in [1.165, 1.54) is 0 Å². The first-order chi connectivity index (χ1) is 9.60. The summed E-state index contributed by atoms with van der Waals surface area (Å²) in [5.74, 6) is -0.297. The fraction of sp³-hybridized carbons (Fsp3) is 0.667. The van der Waals surface area contributed by atoms with Crippen LogP contribution >= 0.6 is 0 Å². The molecular formula is C12H18N4O4. The standard InChI is InChI=1S/C12H18N4O4/c1-2-9-13-11(15-14-9)12(19)16-5-3-8(4-6-16)20-7-10(17)18/h8H,2-7H2,1H3,(H,17,18)(H,13,14,15). The molecule has 1 aromatic rings. The Bertz CT molecular complexity index is 480. The van der Waals surface area contributed by atoms with E-state index >= 15 is 0 Å². The average molecular weight is 282 g/mol. The van der Waals surface area contributed by atoms with Crippen LogP contribution in [0.15, 0.2) is 0 Å². The number of nitrogens with zero attached hydrogens (tertiary/aromatic N) is 3. The molecule has 0 saturated carbocycles. The summed E-state index contributed by atoms with van der Waals surface area (Å²) in [6.45, 7) is 2.69. The van der Waals surface area contributed by atoms with Crippen molar-refractivity contribution < 1.29 is 19.4 Å². The highest BCUT2D eigenvalue weighted by molar-refractivity contribution is 5.90. The Labute approximate surface area is 116 Å². The first kappa shape index (κ1) is 14.4. The Morgan fingerprint density at radius 2 is 2.15 bits per heavy atom. The molecule has 20 heavy (non-hydrogen) atoms. The Balaban J connectivity index is 1.84. The highest BCUT2D eigenvalue weighted by Gasteiger charge is 2.26. The predicted molar refractivity (Wildman–Crippen MR) is 68.3 cm³/mol. The van der Waals surface area contributed by atoms with Crippen LogP contribution in [-0.2, 0) is 16.0 Å². The van der Waals surface area contributed by atoms with E-state index < -0.39 is 5.97 Å². The molecule has 1 fully saturated rings. The Kier molecular flexibility index (Phi) is 4.67. The van der Waals surface area contributed by atoms with Crippen molar-refractivity contribution in [1.82, 2.24) is 20.1 Å². The number of aromatic nitrogens is 3. The van der Waals surface area contributed by atoms with Gasteiger partial charge in [0.2, 0.25) is 5.82 Å². The second-order valence-corrected chi connectivity index (χ2v) is 4.66. The number of rotatable bonds is 5. The molecule has 0 radical (unpaired) electrons. The van der Waals surface area contributed by atoms with Crippen LogP contribution in [0.25, 0.3) is 0 Å². The van der Waals surface area contributed by atoms with Gasteiger partial charge < -0.3 is 14.7 Å². The lowest BCUT2D eigenvalue weighted by Crippen LogP contribution is -2.41. The third-order valence-corrected chi connectivity index (χ3v) is 3.23. The monoisotopic (exact) mass is 282 g/mol. The van der Waals surface area contributed by atoms with Gasteiger partial charge in [0.1, 0.15) is 12.4 Å². The van der Waals surface area contributed by atoms with E-state index in [4.69, 9.17) is 9.84 Å². The number of carboxylic acids is 1. The maximum atomic E-state index is 12.1. The predicted octanol–water partition coefficient (Wildman–Crippen LogP) is 0.0729. The molecule has 0 atom stereocenters. The van der Waals surface area contributed by atoms with Crippen molar-refractivity contribution in [1.29, 1.82) is 0 Å². The normalized spacial score (nSPS) is 16.4. The van der Waals surface area contributed by atoms with Crippen molar-refractivity contribution in [2.75, 3.05) is 19.7 Å². The van der Waals surface area contributed by atoms with Crippen LogP contribution in [-0.4, -0.2) is 62.9 Å². The molecule has 1 saturated heterocycles. The maximum Gasteiger partial charge on any atom is 0.329 e. The first-order valence-corrected chi connectivity index (χ1v) is 6.64. The van der Waals surface area contributed by atoms with Gasteiger partial charge in [-0.3, -0.25) is 9.89 Å². The number of ether oxygens (including phenoxy) is 1. The number of carbonyl (C=O) groups is 2.